The molecule has 0 N–H and O–H groups in total. The molecular weight excluding hydrogens is 419 g/mol. The zero-order chi connectivity index (χ0) is 22.8. The Bertz CT molecular complexity index is 1140. The lowest BCUT2D eigenvalue weighted by molar-refractivity contribution is 0.0698. The van der Waals surface area contributed by atoms with Crippen LogP contribution in [0.15, 0.2) is 42.9 Å². The average molecular weight is 447 g/mol. The van der Waals surface area contributed by atoms with Crippen LogP contribution in [0, 0.1) is 12.7 Å². The van der Waals surface area contributed by atoms with E-state index >= 15 is 0 Å². The predicted octanol–water partition coefficient (Wildman–Crippen LogP) is 3.69. The van der Waals surface area contributed by atoms with E-state index in [4.69, 9.17) is 9.97 Å². The number of aryl methyl sites for hydroxylation is 1. The molecule has 0 spiro atoms. The van der Waals surface area contributed by atoms with Gasteiger partial charge in [-0.05, 0) is 50.3 Å². The quantitative estimate of drug-likeness (QED) is 0.609. The highest BCUT2D eigenvalue weighted by Gasteiger charge is 2.30. The highest BCUT2D eigenvalue weighted by atomic mass is 19.1. The Morgan fingerprint density at radius 3 is 2.76 bits per heavy atom. The van der Waals surface area contributed by atoms with E-state index in [2.05, 4.69) is 21.8 Å². The van der Waals surface area contributed by atoms with E-state index in [1.807, 2.05) is 17.0 Å². The molecule has 0 aliphatic carbocycles. The maximum Gasteiger partial charge on any atom is 0.274 e. The zero-order valence-electron chi connectivity index (χ0n) is 18.7. The summed E-state index contributed by atoms with van der Waals surface area (Å²) < 4.78 is 13.3. The fourth-order valence-electron chi connectivity index (χ4n) is 4.80. The van der Waals surface area contributed by atoms with Crippen LogP contribution >= 0.6 is 0 Å². The molecule has 170 valence electrons. The van der Waals surface area contributed by atoms with Crippen LogP contribution in [0.3, 0.4) is 0 Å². The summed E-state index contributed by atoms with van der Waals surface area (Å²) in [7, 11) is 0. The minimum Gasteiger partial charge on any atom is -0.352 e. The molecular formula is C25H27FN6O. The molecule has 2 aliphatic heterocycles. The van der Waals surface area contributed by atoms with Crippen LogP contribution in [0.4, 0.5) is 10.2 Å². The minimum absolute atomic E-state index is 0.0815. The Hall–Kier alpha value is -3.42. The topological polar surface area (TPSA) is 75.1 Å². The van der Waals surface area contributed by atoms with E-state index in [1.165, 1.54) is 23.9 Å². The summed E-state index contributed by atoms with van der Waals surface area (Å²) in [5, 5.41) is 0. The molecule has 3 aromatic rings. The number of carbonyl (C=O) groups is 1. The van der Waals surface area contributed by atoms with Crippen molar-refractivity contribution in [3.63, 3.8) is 0 Å². The van der Waals surface area contributed by atoms with Crippen LogP contribution in [0.25, 0.3) is 0 Å². The number of piperidine rings is 1. The number of fused-ring (bicyclic) bond motifs is 1. The number of amides is 1. The first-order chi connectivity index (χ1) is 16.1. The lowest BCUT2D eigenvalue weighted by Crippen LogP contribution is -2.40. The van der Waals surface area contributed by atoms with Crippen molar-refractivity contribution in [3.8, 4) is 0 Å². The van der Waals surface area contributed by atoms with Gasteiger partial charge in [-0.3, -0.25) is 9.78 Å². The number of carbonyl (C=O) groups excluding carboxylic acids is 1. The van der Waals surface area contributed by atoms with Crippen LogP contribution in [0.2, 0.25) is 0 Å². The van der Waals surface area contributed by atoms with E-state index in [1.54, 1.807) is 12.4 Å². The van der Waals surface area contributed by atoms with Crippen molar-refractivity contribution in [2.45, 2.75) is 45.1 Å². The highest BCUT2D eigenvalue weighted by Crippen LogP contribution is 2.32. The van der Waals surface area contributed by atoms with Crippen LogP contribution in [-0.4, -0.2) is 50.4 Å². The van der Waals surface area contributed by atoms with Gasteiger partial charge in [0.25, 0.3) is 5.91 Å². The van der Waals surface area contributed by atoms with Gasteiger partial charge < -0.3 is 9.80 Å². The van der Waals surface area contributed by atoms with Gasteiger partial charge in [0.2, 0.25) is 0 Å². The first-order valence-electron chi connectivity index (χ1n) is 11.5. The van der Waals surface area contributed by atoms with Gasteiger partial charge in [0.05, 0.1) is 6.20 Å². The summed E-state index contributed by atoms with van der Waals surface area (Å²) in [5.74, 6) is 1.54. The lowest BCUT2D eigenvalue weighted by atomic mass is 9.95. The van der Waals surface area contributed by atoms with E-state index in [0.717, 1.165) is 55.1 Å². The molecule has 1 atom stereocenters. The molecule has 0 bridgehead atoms. The number of halogens is 1. The average Bonchev–Trinajstić information content (AvgIpc) is 2.86. The van der Waals surface area contributed by atoms with Gasteiger partial charge in [-0.2, -0.15) is 0 Å². The second-order valence-electron chi connectivity index (χ2n) is 8.80. The van der Waals surface area contributed by atoms with Crippen molar-refractivity contribution < 1.29 is 9.18 Å². The number of nitrogens with zero attached hydrogens (tertiary/aromatic N) is 6. The highest BCUT2D eigenvalue weighted by molar-refractivity contribution is 5.92. The number of hydrogen-bond acceptors (Lipinski definition) is 6. The third-order valence-corrected chi connectivity index (χ3v) is 6.51. The number of hydrogen-bond donors (Lipinski definition) is 0. The normalized spacial score (nSPS) is 18.2. The van der Waals surface area contributed by atoms with Crippen LogP contribution < -0.4 is 4.90 Å². The van der Waals surface area contributed by atoms with Crippen molar-refractivity contribution >= 4 is 11.7 Å². The molecule has 2 aromatic heterocycles. The Morgan fingerprint density at radius 2 is 1.97 bits per heavy atom. The molecule has 1 fully saturated rings. The molecule has 33 heavy (non-hydrogen) atoms. The van der Waals surface area contributed by atoms with Gasteiger partial charge in [0.15, 0.2) is 0 Å². The van der Waals surface area contributed by atoms with Gasteiger partial charge in [-0.1, -0.05) is 12.1 Å². The Labute approximate surface area is 192 Å². The number of anilines is 1. The fourth-order valence-corrected chi connectivity index (χ4v) is 4.80. The lowest BCUT2D eigenvalue weighted by Gasteiger charge is -2.34. The Balaban J connectivity index is 1.39. The maximum atomic E-state index is 13.3. The molecule has 1 amide bonds. The van der Waals surface area contributed by atoms with Crippen molar-refractivity contribution in [3.05, 3.63) is 77.0 Å². The molecule has 0 radical (unpaired) electrons. The summed E-state index contributed by atoms with van der Waals surface area (Å²) in [6.45, 7) is 4.92. The molecule has 0 saturated carbocycles. The first-order valence-corrected chi connectivity index (χ1v) is 11.5. The maximum absolute atomic E-state index is 13.3. The minimum atomic E-state index is -0.226. The molecule has 7 nitrogen and oxygen atoms in total. The summed E-state index contributed by atoms with van der Waals surface area (Å²) in [6.07, 6.45) is 8.47. The van der Waals surface area contributed by atoms with Crippen LogP contribution in [0.5, 0.6) is 0 Å². The number of benzene rings is 1. The van der Waals surface area contributed by atoms with Gasteiger partial charge in [0, 0.05) is 55.7 Å². The summed E-state index contributed by atoms with van der Waals surface area (Å²) in [6, 6.07) is 6.66. The van der Waals surface area contributed by atoms with E-state index in [0.29, 0.717) is 25.3 Å². The second kappa shape index (κ2) is 9.21. The fraction of sp³-hybridized carbons (Fsp3) is 0.400. The molecule has 2 aliphatic rings. The SMILES string of the molecule is Cc1nc(C2CCCN(C(=O)c3cnccn3)C2)nc2c1CCCN2Cc1ccc(F)cc1. The van der Waals surface area contributed by atoms with Crippen molar-refractivity contribution in [2.75, 3.05) is 24.5 Å². The van der Waals surface area contributed by atoms with Crippen LogP contribution in [0.1, 0.15) is 58.3 Å². The van der Waals surface area contributed by atoms with Crippen LogP contribution in [-0.2, 0) is 13.0 Å². The van der Waals surface area contributed by atoms with E-state index < -0.39 is 0 Å². The summed E-state index contributed by atoms with van der Waals surface area (Å²) >= 11 is 0. The third-order valence-electron chi connectivity index (χ3n) is 6.51. The van der Waals surface area contributed by atoms with Gasteiger partial charge in [-0.25, -0.2) is 19.3 Å². The number of likely N-dealkylation sites (tertiary alicyclic amines) is 1. The zero-order valence-corrected chi connectivity index (χ0v) is 18.7. The number of aromatic nitrogens is 4. The molecule has 8 heteroatoms. The summed E-state index contributed by atoms with van der Waals surface area (Å²) in [4.78, 5) is 35.1. The van der Waals surface area contributed by atoms with Crippen molar-refractivity contribution in [2.24, 2.45) is 0 Å². The number of rotatable bonds is 4. The van der Waals surface area contributed by atoms with Gasteiger partial charge in [-0.15, -0.1) is 0 Å². The molecule has 1 unspecified atom stereocenters. The summed E-state index contributed by atoms with van der Waals surface area (Å²) in [5.41, 5.74) is 3.62. The van der Waals surface area contributed by atoms with Gasteiger partial charge >= 0.3 is 0 Å². The van der Waals surface area contributed by atoms with Gasteiger partial charge in [0.1, 0.15) is 23.2 Å². The van der Waals surface area contributed by atoms with E-state index in [-0.39, 0.29) is 17.6 Å². The largest absolute Gasteiger partial charge is 0.352 e. The first kappa shape index (κ1) is 21.4. The molecule has 1 aromatic carbocycles. The second-order valence-corrected chi connectivity index (χ2v) is 8.80. The molecule has 5 rings (SSSR count). The Morgan fingerprint density at radius 1 is 1.12 bits per heavy atom. The van der Waals surface area contributed by atoms with E-state index in [9.17, 15) is 9.18 Å². The van der Waals surface area contributed by atoms with Crippen molar-refractivity contribution in [1.82, 2.24) is 24.8 Å². The Kier molecular flexibility index (Phi) is 5.98. The smallest absolute Gasteiger partial charge is 0.274 e. The third kappa shape index (κ3) is 4.55. The predicted molar refractivity (Wildman–Crippen MR) is 122 cm³/mol. The standard InChI is InChI=1S/C25H27FN6O/c1-17-21-5-3-12-31(15-18-6-8-20(26)9-7-18)24(21)30-23(29-17)19-4-2-13-32(16-19)25(33)22-14-27-10-11-28-22/h6-11,14,19H,2-5,12-13,15-16H2,1H3. The van der Waals surface area contributed by atoms with Crippen molar-refractivity contribution in [1.29, 1.82) is 0 Å². The monoisotopic (exact) mass is 446 g/mol. The molecule has 1 saturated heterocycles. The molecule has 4 heterocycles.